The van der Waals surface area contributed by atoms with Gasteiger partial charge in [-0.2, -0.15) is 0 Å². The molecule has 2 heterocycles. The Morgan fingerprint density at radius 1 is 1.10 bits per heavy atom. The Balaban J connectivity index is 1.63. The highest BCUT2D eigenvalue weighted by atomic mass is 35.5. The number of nitrogens with one attached hydrogen (secondary N) is 1. The molecule has 0 radical (unpaired) electrons. The number of fused-ring (bicyclic) bond motifs is 1. The van der Waals surface area contributed by atoms with Crippen LogP contribution in [0.1, 0.15) is 23.9 Å². The number of rotatable bonds is 7. The van der Waals surface area contributed by atoms with Crippen LogP contribution < -0.4 is 4.72 Å². The maximum absolute atomic E-state index is 13.4. The maximum atomic E-state index is 13.4. The van der Waals surface area contributed by atoms with Gasteiger partial charge in [0, 0.05) is 6.20 Å². The van der Waals surface area contributed by atoms with E-state index in [2.05, 4.69) is 33.7 Å². The third-order valence-electron chi connectivity index (χ3n) is 4.98. The SMILES string of the molecule is CCc1ccc(Cn2c(CNS(=O)(=O)c3ccc(F)c(Cl)c3)nc3cccnc32)cc1. The Hall–Kier alpha value is -2.81. The summed E-state index contributed by atoms with van der Waals surface area (Å²) in [5.41, 5.74) is 3.63. The molecular weight excluding hydrogens is 439 g/mol. The van der Waals surface area contributed by atoms with Crippen molar-refractivity contribution in [2.75, 3.05) is 0 Å². The van der Waals surface area contributed by atoms with E-state index in [0.717, 1.165) is 24.1 Å². The van der Waals surface area contributed by atoms with Crippen LogP contribution in [-0.2, 0) is 29.5 Å². The van der Waals surface area contributed by atoms with Crippen molar-refractivity contribution < 1.29 is 12.8 Å². The molecule has 9 heteroatoms. The Kier molecular flexibility index (Phi) is 6.04. The van der Waals surface area contributed by atoms with E-state index in [-0.39, 0.29) is 16.5 Å². The van der Waals surface area contributed by atoms with Gasteiger partial charge in [0.05, 0.1) is 23.0 Å². The van der Waals surface area contributed by atoms with Crippen LogP contribution in [0.25, 0.3) is 11.2 Å². The normalized spacial score (nSPS) is 11.8. The molecule has 0 amide bonds. The van der Waals surface area contributed by atoms with Gasteiger partial charge in [-0.05, 0) is 47.9 Å². The molecule has 0 saturated carbocycles. The second-order valence-electron chi connectivity index (χ2n) is 7.03. The maximum Gasteiger partial charge on any atom is 0.241 e. The molecule has 0 saturated heterocycles. The summed E-state index contributed by atoms with van der Waals surface area (Å²) >= 11 is 5.74. The highest BCUT2D eigenvalue weighted by molar-refractivity contribution is 7.89. The lowest BCUT2D eigenvalue weighted by atomic mass is 10.1. The van der Waals surface area contributed by atoms with Crippen molar-refractivity contribution in [3.63, 3.8) is 0 Å². The zero-order chi connectivity index (χ0) is 22.0. The molecule has 0 aliphatic rings. The van der Waals surface area contributed by atoms with Crippen molar-refractivity contribution in [3.8, 4) is 0 Å². The number of benzene rings is 2. The first-order chi connectivity index (χ1) is 14.9. The van der Waals surface area contributed by atoms with E-state index in [1.807, 2.05) is 22.8 Å². The Labute approximate surface area is 184 Å². The van der Waals surface area contributed by atoms with E-state index < -0.39 is 15.8 Å². The lowest BCUT2D eigenvalue weighted by Crippen LogP contribution is -2.25. The smallest absolute Gasteiger partial charge is 0.241 e. The summed E-state index contributed by atoms with van der Waals surface area (Å²) in [6, 6.07) is 15.1. The van der Waals surface area contributed by atoms with E-state index >= 15 is 0 Å². The molecule has 160 valence electrons. The van der Waals surface area contributed by atoms with Gasteiger partial charge in [0.15, 0.2) is 5.65 Å². The molecule has 0 unspecified atom stereocenters. The minimum Gasteiger partial charge on any atom is -0.307 e. The molecule has 0 bridgehead atoms. The zero-order valence-electron chi connectivity index (χ0n) is 16.7. The highest BCUT2D eigenvalue weighted by Gasteiger charge is 2.19. The van der Waals surface area contributed by atoms with Gasteiger partial charge >= 0.3 is 0 Å². The first-order valence-corrected chi connectivity index (χ1v) is 11.6. The number of aromatic nitrogens is 3. The van der Waals surface area contributed by atoms with Gasteiger partial charge in [-0.1, -0.05) is 42.8 Å². The summed E-state index contributed by atoms with van der Waals surface area (Å²) < 4.78 is 43.2. The number of hydrogen-bond donors (Lipinski definition) is 1. The summed E-state index contributed by atoms with van der Waals surface area (Å²) in [6.07, 6.45) is 2.63. The third kappa shape index (κ3) is 4.61. The second kappa shape index (κ2) is 8.74. The van der Waals surface area contributed by atoms with Gasteiger partial charge in [-0.3, -0.25) is 0 Å². The number of halogens is 2. The molecule has 4 rings (SSSR count). The number of hydrogen-bond acceptors (Lipinski definition) is 4. The molecule has 1 N–H and O–H groups in total. The fraction of sp³-hybridized carbons (Fsp3) is 0.182. The zero-order valence-corrected chi connectivity index (χ0v) is 18.3. The van der Waals surface area contributed by atoms with Crippen LogP contribution >= 0.6 is 11.6 Å². The third-order valence-corrected chi connectivity index (χ3v) is 6.66. The Morgan fingerprint density at radius 3 is 2.55 bits per heavy atom. The number of sulfonamides is 1. The molecule has 0 atom stereocenters. The summed E-state index contributed by atoms with van der Waals surface area (Å²) in [5.74, 6) is -0.160. The van der Waals surface area contributed by atoms with E-state index in [4.69, 9.17) is 11.6 Å². The molecule has 31 heavy (non-hydrogen) atoms. The first kappa shape index (κ1) is 21.4. The van der Waals surface area contributed by atoms with Crippen molar-refractivity contribution >= 4 is 32.8 Å². The van der Waals surface area contributed by atoms with Gasteiger partial charge in [0.1, 0.15) is 17.2 Å². The number of aryl methyl sites for hydroxylation is 1. The lowest BCUT2D eigenvalue weighted by Gasteiger charge is -2.11. The van der Waals surface area contributed by atoms with E-state index in [9.17, 15) is 12.8 Å². The standard InChI is InChI=1S/C22H20ClFN4O2S/c1-2-15-5-7-16(8-6-15)14-28-21(27-20-4-3-11-25-22(20)28)13-26-31(29,30)17-9-10-19(24)18(23)12-17/h3-12,26H,2,13-14H2,1H3. The minimum absolute atomic E-state index is 0.0548. The molecule has 0 aliphatic carbocycles. The molecule has 2 aromatic heterocycles. The van der Waals surface area contributed by atoms with Gasteiger partial charge in [-0.15, -0.1) is 0 Å². The predicted octanol–water partition coefficient (Wildman–Crippen LogP) is 4.31. The van der Waals surface area contributed by atoms with Crippen LogP contribution in [0.15, 0.2) is 65.7 Å². The molecule has 0 spiro atoms. The Morgan fingerprint density at radius 2 is 1.84 bits per heavy atom. The topological polar surface area (TPSA) is 76.9 Å². The predicted molar refractivity (Wildman–Crippen MR) is 118 cm³/mol. The van der Waals surface area contributed by atoms with Crippen LogP contribution in [0.3, 0.4) is 0 Å². The quantitative estimate of drug-likeness (QED) is 0.447. The van der Waals surface area contributed by atoms with E-state index in [1.165, 1.54) is 11.6 Å². The van der Waals surface area contributed by atoms with Gasteiger partial charge in [-0.25, -0.2) is 27.5 Å². The summed E-state index contributed by atoms with van der Waals surface area (Å²) in [4.78, 5) is 8.86. The monoisotopic (exact) mass is 458 g/mol. The summed E-state index contributed by atoms with van der Waals surface area (Å²) in [6.45, 7) is 2.54. The van der Waals surface area contributed by atoms with Crippen molar-refractivity contribution in [1.82, 2.24) is 19.3 Å². The second-order valence-corrected chi connectivity index (χ2v) is 9.20. The molecule has 0 aliphatic heterocycles. The number of imidazole rings is 1. The fourth-order valence-corrected chi connectivity index (χ4v) is 4.51. The van der Waals surface area contributed by atoms with Crippen LogP contribution in [-0.4, -0.2) is 23.0 Å². The fourth-order valence-electron chi connectivity index (χ4n) is 3.26. The molecular formula is C22H20ClFN4O2S. The van der Waals surface area contributed by atoms with E-state index in [0.29, 0.717) is 23.5 Å². The minimum atomic E-state index is -3.91. The van der Waals surface area contributed by atoms with Crippen LogP contribution in [0, 0.1) is 5.82 Å². The number of pyridine rings is 1. The summed E-state index contributed by atoms with van der Waals surface area (Å²) in [5, 5.41) is -0.255. The Bertz CT molecular complexity index is 1340. The van der Waals surface area contributed by atoms with Gasteiger partial charge in [0.2, 0.25) is 10.0 Å². The molecule has 0 fully saturated rings. The summed E-state index contributed by atoms with van der Waals surface area (Å²) in [7, 11) is -3.91. The van der Waals surface area contributed by atoms with Crippen molar-refractivity contribution in [2.24, 2.45) is 0 Å². The van der Waals surface area contributed by atoms with Crippen LogP contribution in [0.2, 0.25) is 5.02 Å². The van der Waals surface area contributed by atoms with E-state index in [1.54, 1.807) is 12.3 Å². The highest BCUT2D eigenvalue weighted by Crippen LogP contribution is 2.21. The van der Waals surface area contributed by atoms with Crippen molar-refractivity contribution in [2.45, 2.75) is 31.3 Å². The molecule has 6 nitrogen and oxygen atoms in total. The average molecular weight is 459 g/mol. The molecule has 2 aromatic carbocycles. The van der Waals surface area contributed by atoms with Crippen LogP contribution in [0.4, 0.5) is 4.39 Å². The largest absolute Gasteiger partial charge is 0.307 e. The first-order valence-electron chi connectivity index (χ1n) is 9.70. The lowest BCUT2D eigenvalue weighted by molar-refractivity contribution is 0.576. The van der Waals surface area contributed by atoms with Crippen molar-refractivity contribution in [3.05, 3.63) is 88.6 Å². The van der Waals surface area contributed by atoms with Crippen LogP contribution in [0.5, 0.6) is 0 Å². The average Bonchev–Trinajstić information content (AvgIpc) is 3.12. The molecule has 4 aromatic rings. The van der Waals surface area contributed by atoms with Gasteiger partial charge < -0.3 is 4.57 Å². The number of nitrogens with zero attached hydrogens (tertiary/aromatic N) is 3. The van der Waals surface area contributed by atoms with Gasteiger partial charge in [0.25, 0.3) is 0 Å². The van der Waals surface area contributed by atoms with Crippen molar-refractivity contribution in [1.29, 1.82) is 0 Å².